The smallest absolute Gasteiger partial charge is 0.282 e. The summed E-state index contributed by atoms with van der Waals surface area (Å²) in [6, 6.07) is -0.645. The minimum atomic E-state index is -2.85. The number of hydrogen-bond acceptors (Lipinski definition) is 4. The quantitative estimate of drug-likeness (QED) is 0.796. The van der Waals surface area contributed by atoms with Crippen molar-refractivity contribution in [1.29, 1.82) is 0 Å². The molecule has 0 aliphatic heterocycles. The molecule has 1 atom stereocenters. The van der Waals surface area contributed by atoms with Crippen molar-refractivity contribution in [2.75, 3.05) is 13.7 Å². The van der Waals surface area contributed by atoms with Crippen molar-refractivity contribution in [1.82, 2.24) is 14.8 Å². The first-order valence-electron chi connectivity index (χ1n) is 5.22. The van der Waals surface area contributed by atoms with E-state index >= 15 is 0 Å². The molecule has 1 aromatic rings. The molecule has 0 radical (unpaired) electrons. The number of halogens is 2. The average molecular weight is 263 g/mol. The van der Waals surface area contributed by atoms with Crippen LogP contribution in [-0.2, 0) is 11.9 Å². The van der Waals surface area contributed by atoms with Gasteiger partial charge in [0.2, 0.25) is 0 Å². The first-order chi connectivity index (χ1) is 8.42. The number of carbonyl (C=O) groups excluding carboxylic acids is 1. The number of hydrogen-bond donors (Lipinski definition) is 1. The van der Waals surface area contributed by atoms with Crippen LogP contribution in [0.1, 0.15) is 29.4 Å². The molecule has 0 aliphatic rings. The van der Waals surface area contributed by atoms with E-state index in [1.807, 2.05) is 0 Å². The lowest BCUT2D eigenvalue weighted by Gasteiger charge is -2.24. The summed E-state index contributed by atoms with van der Waals surface area (Å²) in [7, 11) is 2.66. The first-order valence-corrected chi connectivity index (χ1v) is 5.22. The van der Waals surface area contributed by atoms with Gasteiger partial charge in [-0.1, -0.05) is 0 Å². The molecule has 0 saturated carbocycles. The van der Waals surface area contributed by atoms with Crippen LogP contribution in [0.4, 0.5) is 8.78 Å². The van der Waals surface area contributed by atoms with Gasteiger partial charge in [-0.25, -0.2) is 13.8 Å². The maximum absolute atomic E-state index is 12.7. The summed E-state index contributed by atoms with van der Waals surface area (Å²) in [6.07, 6.45) is -1.66. The van der Waals surface area contributed by atoms with E-state index in [1.54, 1.807) is 0 Å². The molecule has 6 nitrogen and oxygen atoms in total. The van der Waals surface area contributed by atoms with Crippen LogP contribution in [0.25, 0.3) is 0 Å². The minimum absolute atomic E-state index is 0.241. The standard InChI is InChI=1S/C10H15F2N3O3/c1-6(5-16)15(18-3)10(17)7-4-14(2)13-8(7)9(11)12/h4,6,9,16H,5H2,1-3H3. The van der Waals surface area contributed by atoms with Gasteiger partial charge in [-0.2, -0.15) is 5.10 Å². The Morgan fingerprint density at radius 3 is 2.72 bits per heavy atom. The number of hydroxylamine groups is 2. The summed E-state index contributed by atoms with van der Waals surface area (Å²) in [4.78, 5) is 16.8. The second-order valence-corrected chi connectivity index (χ2v) is 3.75. The molecular formula is C10H15F2N3O3. The van der Waals surface area contributed by atoms with Crippen molar-refractivity contribution in [2.24, 2.45) is 7.05 Å². The number of alkyl halides is 2. The molecule has 1 aromatic heterocycles. The molecule has 0 spiro atoms. The van der Waals surface area contributed by atoms with Crippen molar-refractivity contribution in [3.8, 4) is 0 Å². The van der Waals surface area contributed by atoms with Crippen LogP contribution in [0.2, 0.25) is 0 Å². The predicted octanol–water partition coefficient (Wildman–Crippen LogP) is 0.742. The van der Waals surface area contributed by atoms with Crippen molar-refractivity contribution >= 4 is 5.91 Å². The molecule has 0 saturated heterocycles. The van der Waals surface area contributed by atoms with Crippen LogP contribution in [-0.4, -0.2) is 45.6 Å². The molecular weight excluding hydrogens is 248 g/mol. The third kappa shape index (κ3) is 2.82. The highest BCUT2D eigenvalue weighted by Gasteiger charge is 2.28. The maximum Gasteiger partial charge on any atom is 0.282 e. The molecule has 0 fully saturated rings. The third-order valence-electron chi connectivity index (χ3n) is 2.36. The molecule has 0 aliphatic carbocycles. The molecule has 0 aromatic carbocycles. The highest BCUT2D eigenvalue weighted by molar-refractivity contribution is 5.94. The number of carbonyl (C=O) groups is 1. The van der Waals surface area contributed by atoms with Crippen molar-refractivity contribution in [3.05, 3.63) is 17.5 Å². The summed E-state index contributed by atoms with van der Waals surface area (Å²) in [5, 5.41) is 13.3. The Morgan fingerprint density at radius 1 is 1.67 bits per heavy atom. The molecule has 18 heavy (non-hydrogen) atoms. The second-order valence-electron chi connectivity index (χ2n) is 3.75. The van der Waals surface area contributed by atoms with Gasteiger partial charge in [0.25, 0.3) is 12.3 Å². The summed E-state index contributed by atoms with van der Waals surface area (Å²) in [6.45, 7) is 1.18. The van der Waals surface area contributed by atoms with E-state index < -0.39 is 24.1 Å². The van der Waals surface area contributed by atoms with E-state index in [2.05, 4.69) is 5.10 Å². The summed E-state index contributed by atoms with van der Waals surface area (Å²) in [5.74, 6) is -0.762. The minimum Gasteiger partial charge on any atom is -0.394 e. The van der Waals surface area contributed by atoms with Crippen LogP contribution >= 0.6 is 0 Å². The fraction of sp³-hybridized carbons (Fsp3) is 0.600. The third-order valence-corrected chi connectivity index (χ3v) is 2.36. The highest BCUT2D eigenvalue weighted by Crippen LogP contribution is 2.22. The Hall–Kier alpha value is -1.54. The zero-order valence-electron chi connectivity index (χ0n) is 10.3. The molecule has 102 valence electrons. The number of aryl methyl sites for hydroxylation is 1. The second kappa shape index (κ2) is 5.87. The van der Waals surface area contributed by atoms with Gasteiger partial charge in [-0.3, -0.25) is 14.3 Å². The van der Waals surface area contributed by atoms with Gasteiger partial charge in [0.1, 0.15) is 5.69 Å². The summed E-state index contributed by atoms with van der Waals surface area (Å²) >= 11 is 0. The van der Waals surface area contributed by atoms with Crippen LogP contribution in [0.3, 0.4) is 0 Å². The fourth-order valence-electron chi connectivity index (χ4n) is 1.49. The lowest BCUT2D eigenvalue weighted by Crippen LogP contribution is -2.40. The summed E-state index contributed by atoms with van der Waals surface area (Å²) < 4.78 is 26.6. The predicted molar refractivity (Wildman–Crippen MR) is 57.9 cm³/mol. The topological polar surface area (TPSA) is 67.6 Å². The Labute approximate surface area is 103 Å². The number of aromatic nitrogens is 2. The lowest BCUT2D eigenvalue weighted by atomic mass is 10.2. The van der Waals surface area contributed by atoms with E-state index in [4.69, 9.17) is 9.94 Å². The first kappa shape index (κ1) is 14.5. The summed E-state index contributed by atoms with van der Waals surface area (Å²) in [5.41, 5.74) is -0.843. The number of amides is 1. The van der Waals surface area contributed by atoms with Crippen molar-refractivity contribution in [2.45, 2.75) is 19.4 Å². The SMILES string of the molecule is CON(C(=O)c1cn(C)nc1C(F)F)C(C)CO. The van der Waals surface area contributed by atoms with Gasteiger partial charge in [0, 0.05) is 13.2 Å². The number of rotatable bonds is 5. The lowest BCUT2D eigenvalue weighted by molar-refractivity contribution is -0.127. The van der Waals surface area contributed by atoms with E-state index in [9.17, 15) is 13.6 Å². The maximum atomic E-state index is 12.7. The zero-order chi connectivity index (χ0) is 13.9. The van der Waals surface area contributed by atoms with E-state index in [1.165, 1.54) is 27.3 Å². The molecule has 1 amide bonds. The average Bonchev–Trinajstić information content (AvgIpc) is 2.72. The molecule has 0 bridgehead atoms. The van der Waals surface area contributed by atoms with Crippen LogP contribution in [0, 0.1) is 0 Å². The van der Waals surface area contributed by atoms with Gasteiger partial charge in [-0.05, 0) is 6.92 Å². The Balaban J connectivity index is 3.09. The zero-order valence-corrected chi connectivity index (χ0v) is 10.3. The Kier molecular flexibility index (Phi) is 4.74. The van der Waals surface area contributed by atoms with Crippen molar-refractivity contribution < 1.29 is 23.5 Å². The van der Waals surface area contributed by atoms with Gasteiger partial charge < -0.3 is 5.11 Å². The molecule has 1 N–H and O–H groups in total. The normalized spacial score (nSPS) is 12.8. The highest BCUT2D eigenvalue weighted by atomic mass is 19.3. The van der Waals surface area contributed by atoms with Gasteiger partial charge >= 0.3 is 0 Å². The number of nitrogens with zero attached hydrogens (tertiary/aromatic N) is 3. The number of aliphatic hydroxyl groups excluding tert-OH is 1. The molecule has 1 rings (SSSR count). The van der Waals surface area contributed by atoms with Crippen LogP contribution in [0.5, 0.6) is 0 Å². The van der Waals surface area contributed by atoms with Gasteiger partial charge in [0.05, 0.1) is 25.3 Å². The Morgan fingerprint density at radius 2 is 2.28 bits per heavy atom. The Bertz CT molecular complexity index is 423. The molecule has 1 unspecified atom stereocenters. The van der Waals surface area contributed by atoms with E-state index in [-0.39, 0.29) is 12.2 Å². The largest absolute Gasteiger partial charge is 0.394 e. The van der Waals surface area contributed by atoms with E-state index in [0.29, 0.717) is 0 Å². The fourth-order valence-corrected chi connectivity index (χ4v) is 1.49. The van der Waals surface area contributed by atoms with Crippen molar-refractivity contribution in [3.63, 3.8) is 0 Å². The monoisotopic (exact) mass is 263 g/mol. The van der Waals surface area contributed by atoms with E-state index in [0.717, 1.165) is 9.75 Å². The van der Waals surface area contributed by atoms with Crippen LogP contribution in [0.15, 0.2) is 6.20 Å². The van der Waals surface area contributed by atoms with Gasteiger partial charge in [-0.15, -0.1) is 0 Å². The number of aliphatic hydroxyl groups is 1. The van der Waals surface area contributed by atoms with Crippen LogP contribution < -0.4 is 0 Å². The van der Waals surface area contributed by atoms with Gasteiger partial charge in [0.15, 0.2) is 0 Å². The molecule has 8 heteroatoms. The molecule has 1 heterocycles.